The van der Waals surface area contributed by atoms with Gasteiger partial charge in [0.25, 0.3) is 0 Å². The first-order valence-electron chi connectivity index (χ1n) is 6.36. The molecular weight excluding hydrogens is 214 g/mol. The Morgan fingerprint density at radius 3 is 2.71 bits per heavy atom. The number of hydrogen-bond donors (Lipinski definition) is 0. The van der Waals surface area contributed by atoms with Gasteiger partial charge in [0.05, 0.1) is 0 Å². The Morgan fingerprint density at radius 2 is 2.18 bits per heavy atom. The van der Waals surface area contributed by atoms with E-state index in [9.17, 15) is 4.79 Å². The van der Waals surface area contributed by atoms with E-state index in [4.69, 9.17) is 0 Å². The molecule has 2 rings (SSSR count). The molecule has 1 aromatic rings. The van der Waals surface area contributed by atoms with Crippen molar-refractivity contribution in [3.63, 3.8) is 0 Å². The molecule has 94 valence electrons. The first kappa shape index (κ1) is 12.3. The first-order valence-corrected chi connectivity index (χ1v) is 6.36. The zero-order chi connectivity index (χ0) is 12.3. The Kier molecular flexibility index (Phi) is 3.94. The predicted molar refractivity (Wildman–Crippen MR) is 66.8 cm³/mol. The number of nitrogens with zero attached hydrogens (tertiary/aromatic N) is 3. The number of aryl methyl sites for hydroxylation is 1. The summed E-state index contributed by atoms with van der Waals surface area (Å²) in [5, 5.41) is 0. The number of Topliss-reactive ketones (excluding diaryl/α,β-unsaturated/α-hetero) is 1. The van der Waals surface area contributed by atoms with E-state index in [1.165, 1.54) is 0 Å². The van der Waals surface area contributed by atoms with Crippen molar-refractivity contribution in [2.24, 2.45) is 13.0 Å². The fourth-order valence-electron chi connectivity index (χ4n) is 2.46. The van der Waals surface area contributed by atoms with Crippen molar-refractivity contribution in [3.8, 4) is 0 Å². The second-order valence-corrected chi connectivity index (χ2v) is 4.93. The Morgan fingerprint density at radius 1 is 1.47 bits per heavy atom. The lowest BCUT2D eigenvalue weighted by atomic mass is 9.93. The molecule has 0 unspecified atom stereocenters. The van der Waals surface area contributed by atoms with E-state index < -0.39 is 0 Å². The largest absolute Gasteiger partial charge is 0.338 e. The predicted octanol–water partition coefficient (Wildman–Crippen LogP) is 1.26. The van der Waals surface area contributed by atoms with Gasteiger partial charge in [0.15, 0.2) is 0 Å². The number of piperidine rings is 1. The molecule has 0 bridgehead atoms. The molecule has 0 spiro atoms. The molecule has 1 aliphatic rings. The maximum absolute atomic E-state index is 11.3. The van der Waals surface area contributed by atoms with Crippen molar-refractivity contribution in [1.82, 2.24) is 14.5 Å². The topological polar surface area (TPSA) is 38.1 Å². The van der Waals surface area contributed by atoms with Crippen LogP contribution in [0.15, 0.2) is 12.4 Å². The number of likely N-dealkylation sites (tertiary alicyclic amines) is 1. The van der Waals surface area contributed by atoms with E-state index in [-0.39, 0.29) is 0 Å². The highest BCUT2D eigenvalue weighted by atomic mass is 16.1. The van der Waals surface area contributed by atoms with Crippen LogP contribution in [0.5, 0.6) is 0 Å². The Bertz CT molecular complexity index is 378. The highest BCUT2D eigenvalue weighted by Gasteiger charge is 2.21. The maximum Gasteiger partial charge on any atom is 0.133 e. The van der Waals surface area contributed by atoms with Crippen molar-refractivity contribution < 1.29 is 4.79 Å². The average Bonchev–Trinajstić information content (AvgIpc) is 2.73. The molecule has 2 heterocycles. The number of carbonyl (C=O) groups is 1. The van der Waals surface area contributed by atoms with Gasteiger partial charge < -0.3 is 9.47 Å². The van der Waals surface area contributed by atoms with Gasteiger partial charge in [-0.2, -0.15) is 0 Å². The van der Waals surface area contributed by atoms with Gasteiger partial charge in [0.1, 0.15) is 11.6 Å². The molecule has 4 nitrogen and oxygen atoms in total. The summed E-state index contributed by atoms with van der Waals surface area (Å²) in [5.74, 6) is 1.80. The molecule has 0 amide bonds. The minimum absolute atomic E-state index is 0.305. The molecule has 0 saturated carbocycles. The van der Waals surface area contributed by atoms with Crippen LogP contribution in [0, 0.1) is 5.92 Å². The van der Waals surface area contributed by atoms with Gasteiger partial charge in [-0.15, -0.1) is 0 Å². The smallest absolute Gasteiger partial charge is 0.133 e. The van der Waals surface area contributed by atoms with Gasteiger partial charge in [0, 0.05) is 38.3 Å². The van der Waals surface area contributed by atoms with Gasteiger partial charge >= 0.3 is 0 Å². The third-order valence-corrected chi connectivity index (χ3v) is 3.74. The fraction of sp³-hybridized carbons (Fsp3) is 0.692. The van der Waals surface area contributed by atoms with E-state index in [1.54, 1.807) is 6.92 Å². The average molecular weight is 235 g/mol. The van der Waals surface area contributed by atoms with Crippen LogP contribution in [0.3, 0.4) is 0 Å². The Labute approximate surface area is 103 Å². The normalized spacial score (nSPS) is 18.5. The van der Waals surface area contributed by atoms with Crippen LogP contribution < -0.4 is 0 Å². The number of rotatable bonds is 4. The molecule has 0 aromatic carbocycles. The van der Waals surface area contributed by atoms with Gasteiger partial charge in [-0.05, 0) is 32.9 Å². The molecule has 1 saturated heterocycles. The van der Waals surface area contributed by atoms with Crippen LogP contribution in [0.4, 0.5) is 0 Å². The van der Waals surface area contributed by atoms with Crippen molar-refractivity contribution >= 4 is 5.78 Å². The van der Waals surface area contributed by atoms with Gasteiger partial charge in [-0.1, -0.05) is 0 Å². The lowest BCUT2D eigenvalue weighted by Crippen LogP contribution is -2.37. The van der Waals surface area contributed by atoms with E-state index in [1.807, 2.05) is 19.4 Å². The van der Waals surface area contributed by atoms with Crippen molar-refractivity contribution in [3.05, 3.63) is 18.2 Å². The molecule has 4 heteroatoms. The van der Waals surface area contributed by atoms with Gasteiger partial charge in [0.2, 0.25) is 0 Å². The van der Waals surface area contributed by atoms with E-state index in [0.717, 1.165) is 44.7 Å². The molecule has 0 aliphatic carbocycles. The van der Waals surface area contributed by atoms with Crippen LogP contribution in [0.1, 0.15) is 25.6 Å². The molecule has 1 aromatic heterocycles. The summed E-state index contributed by atoms with van der Waals surface area (Å²) in [4.78, 5) is 18.0. The summed E-state index contributed by atoms with van der Waals surface area (Å²) in [5.41, 5.74) is 0. The highest BCUT2D eigenvalue weighted by Crippen LogP contribution is 2.17. The number of imidazole rings is 1. The monoisotopic (exact) mass is 235 g/mol. The molecule has 0 N–H and O–H groups in total. The zero-order valence-electron chi connectivity index (χ0n) is 10.7. The fourth-order valence-corrected chi connectivity index (χ4v) is 2.46. The summed E-state index contributed by atoms with van der Waals surface area (Å²) in [7, 11) is 2.03. The van der Waals surface area contributed by atoms with E-state index in [0.29, 0.717) is 11.7 Å². The molecular formula is C13H21N3O. The Hall–Kier alpha value is -1.16. The lowest BCUT2D eigenvalue weighted by molar-refractivity contribution is -0.122. The summed E-state index contributed by atoms with van der Waals surface area (Å²) in [6, 6.07) is 0. The van der Waals surface area contributed by atoms with Crippen molar-refractivity contribution in [2.45, 2.75) is 26.2 Å². The molecule has 1 aliphatic heterocycles. The number of hydrogen-bond acceptors (Lipinski definition) is 3. The van der Waals surface area contributed by atoms with Crippen LogP contribution >= 0.6 is 0 Å². The third kappa shape index (κ3) is 3.16. The number of ketones is 1. The lowest BCUT2D eigenvalue weighted by Gasteiger charge is -2.30. The summed E-state index contributed by atoms with van der Waals surface area (Å²) in [6.07, 6.45) is 6.87. The Balaban J connectivity index is 1.75. The zero-order valence-corrected chi connectivity index (χ0v) is 10.7. The number of carbonyl (C=O) groups excluding carboxylic acids is 1. The highest BCUT2D eigenvalue weighted by molar-refractivity contribution is 5.78. The van der Waals surface area contributed by atoms with Gasteiger partial charge in [-0.25, -0.2) is 4.98 Å². The minimum Gasteiger partial charge on any atom is -0.338 e. The van der Waals surface area contributed by atoms with Crippen LogP contribution in [0.2, 0.25) is 0 Å². The van der Waals surface area contributed by atoms with E-state index >= 15 is 0 Å². The number of aromatic nitrogens is 2. The molecule has 17 heavy (non-hydrogen) atoms. The molecule has 1 fully saturated rings. The SMILES string of the molecule is CC(=O)C1CCN(CCc2nccn2C)CC1. The van der Waals surface area contributed by atoms with Crippen LogP contribution in [-0.2, 0) is 18.3 Å². The summed E-state index contributed by atoms with van der Waals surface area (Å²) >= 11 is 0. The van der Waals surface area contributed by atoms with E-state index in [2.05, 4.69) is 14.5 Å². The van der Waals surface area contributed by atoms with Crippen molar-refractivity contribution in [1.29, 1.82) is 0 Å². The van der Waals surface area contributed by atoms with Crippen LogP contribution in [0.25, 0.3) is 0 Å². The molecule has 0 radical (unpaired) electrons. The van der Waals surface area contributed by atoms with Crippen molar-refractivity contribution in [2.75, 3.05) is 19.6 Å². The maximum atomic E-state index is 11.3. The standard InChI is InChI=1S/C13H21N3O/c1-11(17)12-3-7-16(8-4-12)9-5-13-14-6-10-15(13)2/h6,10,12H,3-5,7-9H2,1-2H3. The molecule has 0 atom stereocenters. The van der Waals surface area contributed by atoms with Gasteiger partial charge in [-0.3, -0.25) is 4.79 Å². The second-order valence-electron chi connectivity index (χ2n) is 4.93. The van der Waals surface area contributed by atoms with Crippen LogP contribution in [-0.4, -0.2) is 39.9 Å². The first-order chi connectivity index (χ1) is 8.16. The minimum atomic E-state index is 0.305. The second kappa shape index (κ2) is 5.45. The summed E-state index contributed by atoms with van der Waals surface area (Å²) in [6.45, 7) is 4.87. The quantitative estimate of drug-likeness (QED) is 0.788. The summed E-state index contributed by atoms with van der Waals surface area (Å²) < 4.78 is 2.07. The third-order valence-electron chi connectivity index (χ3n) is 3.74.